The predicted octanol–water partition coefficient (Wildman–Crippen LogP) is 1.64. The van der Waals surface area contributed by atoms with Crippen LogP contribution >= 0.6 is 0 Å². The summed E-state index contributed by atoms with van der Waals surface area (Å²) in [5.74, 6) is 0.142. The number of hydrogen-bond acceptors (Lipinski definition) is 5. The summed E-state index contributed by atoms with van der Waals surface area (Å²) in [7, 11) is -2.21. The Morgan fingerprint density at radius 2 is 2.08 bits per heavy atom. The van der Waals surface area contributed by atoms with Crippen LogP contribution in [0.3, 0.4) is 0 Å². The number of sulfonamides is 1. The molecule has 0 atom stereocenters. The van der Waals surface area contributed by atoms with Crippen LogP contribution in [0.2, 0.25) is 0 Å². The van der Waals surface area contributed by atoms with Gasteiger partial charge in [0.25, 0.3) is 5.91 Å². The molecule has 136 valence electrons. The fraction of sp³-hybridized carbons (Fsp3) is 0.375. The van der Waals surface area contributed by atoms with Crippen LogP contribution in [0.1, 0.15) is 30.2 Å². The van der Waals surface area contributed by atoms with Crippen LogP contribution in [0.5, 0.6) is 0 Å². The second-order valence-electron chi connectivity index (χ2n) is 5.63. The van der Waals surface area contributed by atoms with Gasteiger partial charge in [0.2, 0.25) is 10.0 Å². The molecule has 25 heavy (non-hydrogen) atoms. The highest BCUT2D eigenvalue weighted by Gasteiger charge is 2.17. The number of nitrogens with zero attached hydrogens (tertiary/aromatic N) is 2. The van der Waals surface area contributed by atoms with Gasteiger partial charge in [0.05, 0.1) is 17.7 Å². The number of carbonyl (C=O) groups is 1. The van der Waals surface area contributed by atoms with Gasteiger partial charge in [-0.05, 0) is 32.0 Å². The van der Waals surface area contributed by atoms with E-state index in [0.717, 1.165) is 0 Å². The Balaban J connectivity index is 2.17. The summed E-state index contributed by atoms with van der Waals surface area (Å²) in [6.45, 7) is 4.31. The molecule has 2 aromatic rings. The van der Waals surface area contributed by atoms with E-state index >= 15 is 0 Å². The highest BCUT2D eigenvalue weighted by Crippen LogP contribution is 2.16. The lowest BCUT2D eigenvalue weighted by molar-refractivity contribution is 0.102. The number of benzene rings is 1. The molecule has 0 spiro atoms. The van der Waals surface area contributed by atoms with Gasteiger partial charge in [-0.3, -0.25) is 4.79 Å². The van der Waals surface area contributed by atoms with Crippen molar-refractivity contribution in [2.45, 2.75) is 24.8 Å². The molecule has 1 aromatic carbocycles. The van der Waals surface area contributed by atoms with E-state index in [1.807, 2.05) is 13.8 Å². The molecule has 2 N–H and O–H groups in total. The highest BCUT2D eigenvalue weighted by molar-refractivity contribution is 7.89. The molecule has 0 unspecified atom stereocenters. The minimum absolute atomic E-state index is 0.0219. The maximum Gasteiger partial charge on any atom is 0.256 e. The first-order chi connectivity index (χ1) is 11.8. The number of methoxy groups -OCH3 is 1. The van der Waals surface area contributed by atoms with Crippen molar-refractivity contribution in [1.29, 1.82) is 0 Å². The monoisotopic (exact) mass is 366 g/mol. The van der Waals surface area contributed by atoms with Gasteiger partial charge in [0.1, 0.15) is 5.82 Å². The van der Waals surface area contributed by atoms with Crippen LogP contribution in [0.15, 0.2) is 41.4 Å². The molecule has 0 fully saturated rings. The zero-order valence-electron chi connectivity index (χ0n) is 14.4. The van der Waals surface area contributed by atoms with Crippen molar-refractivity contribution < 1.29 is 17.9 Å². The quantitative estimate of drug-likeness (QED) is 0.692. The van der Waals surface area contributed by atoms with E-state index in [9.17, 15) is 13.2 Å². The number of anilines is 1. The van der Waals surface area contributed by atoms with E-state index in [-0.39, 0.29) is 29.7 Å². The predicted molar refractivity (Wildman–Crippen MR) is 94.1 cm³/mol. The number of carbonyl (C=O) groups excluding carboxylic acids is 1. The number of amides is 1. The summed E-state index contributed by atoms with van der Waals surface area (Å²) < 4.78 is 33.4. The van der Waals surface area contributed by atoms with Crippen molar-refractivity contribution in [1.82, 2.24) is 14.5 Å². The molecule has 0 saturated carbocycles. The standard InChI is InChI=1S/C16H22N4O4S/c1-12(2)20-15(7-8-17-20)19-16(21)13-5-4-6-14(11-13)25(22,23)18-9-10-24-3/h4-8,11-12,18H,9-10H2,1-3H3,(H,19,21). The Bertz CT molecular complexity index is 830. The van der Waals surface area contributed by atoms with E-state index in [0.29, 0.717) is 5.82 Å². The van der Waals surface area contributed by atoms with E-state index < -0.39 is 15.9 Å². The largest absolute Gasteiger partial charge is 0.383 e. The third-order valence-electron chi connectivity index (χ3n) is 3.41. The Hall–Kier alpha value is -2.23. The van der Waals surface area contributed by atoms with Crippen LogP contribution < -0.4 is 10.0 Å². The second-order valence-corrected chi connectivity index (χ2v) is 7.39. The third kappa shape index (κ3) is 4.88. The molecular weight excluding hydrogens is 344 g/mol. The molecule has 1 amide bonds. The van der Waals surface area contributed by atoms with Gasteiger partial charge in [0.15, 0.2) is 0 Å². The normalized spacial score (nSPS) is 11.7. The zero-order chi connectivity index (χ0) is 18.4. The fourth-order valence-electron chi connectivity index (χ4n) is 2.18. The summed E-state index contributed by atoms with van der Waals surface area (Å²) >= 11 is 0. The van der Waals surface area contributed by atoms with E-state index in [2.05, 4.69) is 15.1 Å². The first-order valence-electron chi connectivity index (χ1n) is 7.78. The van der Waals surface area contributed by atoms with E-state index in [4.69, 9.17) is 4.74 Å². The van der Waals surface area contributed by atoms with Gasteiger partial charge in [0, 0.05) is 31.3 Å². The van der Waals surface area contributed by atoms with Gasteiger partial charge in [-0.2, -0.15) is 5.10 Å². The van der Waals surface area contributed by atoms with Crippen LogP contribution in [0.25, 0.3) is 0 Å². The molecule has 0 aliphatic carbocycles. The van der Waals surface area contributed by atoms with Crippen molar-refractivity contribution in [3.63, 3.8) is 0 Å². The van der Waals surface area contributed by atoms with Gasteiger partial charge in [-0.25, -0.2) is 17.8 Å². The number of rotatable bonds is 8. The smallest absolute Gasteiger partial charge is 0.256 e. The van der Waals surface area contributed by atoms with Crippen molar-refractivity contribution in [2.75, 3.05) is 25.6 Å². The third-order valence-corrected chi connectivity index (χ3v) is 4.86. The minimum Gasteiger partial charge on any atom is -0.383 e. The van der Waals surface area contributed by atoms with Crippen LogP contribution in [0.4, 0.5) is 5.82 Å². The molecule has 0 saturated heterocycles. The zero-order valence-corrected chi connectivity index (χ0v) is 15.2. The van der Waals surface area contributed by atoms with Gasteiger partial charge >= 0.3 is 0 Å². The van der Waals surface area contributed by atoms with Gasteiger partial charge in [-0.15, -0.1) is 0 Å². The number of nitrogens with one attached hydrogen (secondary N) is 2. The van der Waals surface area contributed by atoms with Gasteiger partial charge < -0.3 is 10.1 Å². The lowest BCUT2D eigenvalue weighted by Gasteiger charge is -2.12. The number of aromatic nitrogens is 2. The van der Waals surface area contributed by atoms with Crippen LogP contribution in [0, 0.1) is 0 Å². The molecule has 0 aliphatic rings. The molecule has 0 bridgehead atoms. The lowest BCUT2D eigenvalue weighted by Crippen LogP contribution is -2.27. The Kier molecular flexibility index (Phi) is 6.29. The van der Waals surface area contributed by atoms with E-state index in [1.54, 1.807) is 23.0 Å². The second kappa shape index (κ2) is 8.24. The molecule has 0 radical (unpaired) electrons. The summed E-state index contributed by atoms with van der Waals surface area (Å²) in [6.07, 6.45) is 1.59. The summed E-state index contributed by atoms with van der Waals surface area (Å²) in [5, 5.41) is 6.89. The van der Waals surface area contributed by atoms with Crippen molar-refractivity contribution in [3.05, 3.63) is 42.1 Å². The molecule has 0 aliphatic heterocycles. The molecule has 1 aromatic heterocycles. The van der Waals surface area contributed by atoms with Crippen LogP contribution in [-0.4, -0.2) is 44.4 Å². The van der Waals surface area contributed by atoms with E-state index in [1.165, 1.54) is 25.3 Å². The molecule has 2 rings (SSSR count). The molecular formula is C16H22N4O4S. The number of hydrogen-bond donors (Lipinski definition) is 2. The average molecular weight is 366 g/mol. The summed E-state index contributed by atoms with van der Waals surface area (Å²) in [4.78, 5) is 12.5. The maximum atomic E-state index is 12.4. The van der Waals surface area contributed by atoms with Gasteiger partial charge in [-0.1, -0.05) is 6.07 Å². The minimum atomic E-state index is -3.70. The highest BCUT2D eigenvalue weighted by atomic mass is 32.2. The Morgan fingerprint density at radius 3 is 2.76 bits per heavy atom. The topological polar surface area (TPSA) is 102 Å². The van der Waals surface area contributed by atoms with Crippen molar-refractivity contribution in [2.24, 2.45) is 0 Å². The Morgan fingerprint density at radius 1 is 1.32 bits per heavy atom. The van der Waals surface area contributed by atoms with Crippen molar-refractivity contribution >= 4 is 21.7 Å². The maximum absolute atomic E-state index is 12.4. The van der Waals surface area contributed by atoms with Crippen molar-refractivity contribution in [3.8, 4) is 0 Å². The average Bonchev–Trinajstić information content (AvgIpc) is 3.03. The number of ether oxygens (including phenoxy) is 1. The summed E-state index contributed by atoms with van der Waals surface area (Å²) in [5.41, 5.74) is 0.242. The first-order valence-corrected chi connectivity index (χ1v) is 9.27. The SMILES string of the molecule is COCCNS(=O)(=O)c1cccc(C(=O)Nc2ccnn2C(C)C)c1. The lowest BCUT2D eigenvalue weighted by atomic mass is 10.2. The first kappa shape index (κ1) is 19.1. The fourth-order valence-corrected chi connectivity index (χ4v) is 3.24. The summed E-state index contributed by atoms with van der Waals surface area (Å²) in [6, 6.07) is 7.62. The molecule has 9 heteroatoms. The molecule has 1 heterocycles. The Labute approximate surface area is 147 Å². The molecule has 8 nitrogen and oxygen atoms in total. The van der Waals surface area contributed by atoms with Crippen LogP contribution in [-0.2, 0) is 14.8 Å².